The van der Waals surface area contributed by atoms with E-state index in [1.807, 2.05) is 19.1 Å². The van der Waals surface area contributed by atoms with Crippen molar-refractivity contribution < 1.29 is 4.42 Å². The van der Waals surface area contributed by atoms with Crippen molar-refractivity contribution in [2.24, 2.45) is 7.05 Å². The summed E-state index contributed by atoms with van der Waals surface area (Å²) in [5, 5.41) is 5.71. The Hall–Kier alpha value is -2.34. The number of piperidine rings is 1. The van der Waals surface area contributed by atoms with Gasteiger partial charge in [-0.3, -0.25) is 9.47 Å². The first-order valence-electron chi connectivity index (χ1n) is 9.41. The Morgan fingerprint density at radius 2 is 2.12 bits per heavy atom. The Kier molecular flexibility index (Phi) is 4.44. The van der Waals surface area contributed by atoms with Crippen LogP contribution in [0, 0.1) is 6.92 Å². The van der Waals surface area contributed by atoms with Gasteiger partial charge in [0.1, 0.15) is 17.2 Å². The maximum absolute atomic E-state index is 12.2. The van der Waals surface area contributed by atoms with Crippen LogP contribution in [0.15, 0.2) is 33.5 Å². The van der Waals surface area contributed by atoms with E-state index in [9.17, 15) is 4.79 Å². The van der Waals surface area contributed by atoms with E-state index in [2.05, 4.69) is 29.1 Å². The highest BCUT2D eigenvalue weighted by atomic mass is 16.3. The summed E-state index contributed by atoms with van der Waals surface area (Å²) < 4.78 is 9.36. The number of para-hydroxylation sites is 1. The van der Waals surface area contributed by atoms with Crippen LogP contribution in [-0.2, 0) is 20.1 Å². The standard InChI is InChI=1S/C20H26N4O2/c1-4-24-19(21-22(3)20(24)25)15-8-7-11-23(12-15)13-18-14(2)16-9-5-6-10-17(16)26-18/h5-6,9-10,15H,4,7-8,11-13H2,1-3H3/t15-/m0/s1. The quantitative estimate of drug-likeness (QED) is 0.723. The smallest absolute Gasteiger partial charge is 0.345 e. The molecule has 0 N–H and O–H groups in total. The zero-order valence-electron chi connectivity index (χ0n) is 15.7. The molecule has 1 fully saturated rings. The van der Waals surface area contributed by atoms with Gasteiger partial charge in [-0.05, 0) is 44.9 Å². The highest BCUT2D eigenvalue weighted by Gasteiger charge is 2.27. The molecule has 0 unspecified atom stereocenters. The van der Waals surface area contributed by atoms with Gasteiger partial charge in [-0.2, -0.15) is 5.10 Å². The molecule has 6 heteroatoms. The van der Waals surface area contributed by atoms with Crippen LogP contribution in [0.25, 0.3) is 11.0 Å². The fraction of sp³-hybridized carbons (Fsp3) is 0.500. The molecule has 0 radical (unpaired) electrons. The molecule has 0 bridgehead atoms. The minimum Gasteiger partial charge on any atom is -0.459 e. The van der Waals surface area contributed by atoms with Crippen LogP contribution in [0.4, 0.5) is 0 Å². The number of hydrogen-bond acceptors (Lipinski definition) is 4. The average Bonchev–Trinajstić information content (AvgIpc) is 3.12. The van der Waals surface area contributed by atoms with Gasteiger partial charge < -0.3 is 4.42 Å². The van der Waals surface area contributed by atoms with Crippen LogP contribution in [0.1, 0.15) is 42.8 Å². The second kappa shape index (κ2) is 6.76. The second-order valence-corrected chi connectivity index (χ2v) is 7.23. The molecule has 1 atom stereocenters. The van der Waals surface area contributed by atoms with Crippen LogP contribution >= 0.6 is 0 Å². The van der Waals surface area contributed by atoms with Gasteiger partial charge in [0, 0.05) is 31.4 Å². The first-order valence-corrected chi connectivity index (χ1v) is 9.41. The molecule has 4 rings (SSSR count). The summed E-state index contributed by atoms with van der Waals surface area (Å²) >= 11 is 0. The second-order valence-electron chi connectivity index (χ2n) is 7.23. The summed E-state index contributed by atoms with van der Waals surface area (Å²) in [6.07, 6.45) is 2.19. The molecule has 1 saturated heterocycles. The Morgan fingerprint density at radius 3 is 2.88 bits per heavy atom. The van der Waals surface area contributed by atoms with Crippen molar-refractivity contribution >= 4 is 11.0 Å². The Bertz CT molecular complexity index is 982. The topological polar surface area (TPSA) is 56.2 Å². The number of benzene rings is 1. The van der Waals surface area contributed by atoms with E-state index < -0.39 is 0 Å². The molecule has 26 heavy (non-hydrogen) atoms. The third-order valence-corrected chi connectivity index (χ3v) is 5.53. The highest BCUT2D eigenvalue weighted by molar-refractivity contribution is 5.81. The Labute approximate surface area is 153 Å². The van der Waals surface area contributed by atoms with Gasteiger partial charge in [0.25, 0.3) is 0 Å². The molecule has 0 saturated carbocycles. The monoisotopic (exact) mass is 354 g/mol. The summed E-state index contributed by atoms with van der Waals surface area (Å²) in [5.74, 6) is 2.26. The lowest BCUT2D eigenvalue weighted by atomic mass is 9.97. The van der Waals surface area contributed by atoms with Crippen molar-refractivity contribution in [3.63, 3.8) is 0 Å². The molecule has 0 amide bonds. The molecule has 1 aliphatic rings. The molecular weight excluding hydrogens is 328 g/mol. The van der Waals surface area contributed by atoms with Crippen molar-refractivity contribution in [3.05, 3.63) is 51.9 Å². The molecule has 0 aliphatic carbocycles. The third-order valence-electron chi connectivity index (χ3n) is 5.53. The normalized spacial score (nSPS) is 18.7. The summed E-state index contributed by atoms with van der Waals surface area (Å²) in [4.78, 5) is 14.6. The molecule has 138 valence electrons. The van der Waals surface area contributed by atoms with Crippen LogP contribution in [0.5, 0.6) is 0 Å². The number of furan rings is 1. The van der Waals surface area contributed by atoms with Gasteiger partial charge in [-0.15, -0.1) is 0 Å². The first-order chi connectivity index (χ1) is 12.6. The van der Waals surface area contributed by atoms with Crippen LogP contribution in [0.2, 0.25) is 0 Å². The van der Waals surface area contributed by atoms with E-state index in [4.69, 9.17) is 4.42 Å². The molecule has 6 nitrogen and oxygen atoms in total. The van der Waals surface area contributed by atoms with Crippen molar-refractivity contribution in [2.45, 2.75) is 45.7 Å². The average molecular weight is 354 g/mol. The van der Waals surface area contributed by atoms with Crippen molar-refractivity contribution in [1.29, 1.82) is 0 Å². The van der Waals surface area contributed by atoms with E-state index >= 15 is 0 Å². The number of aromatic nitrogens is 3. The zero-order valence-corrected chi connectivity index (χ0v) is 15.7. The zero-order chi connectivity index (χ0) is 18.3. The van der Waals surface area contributed by atoms with Crippen molar-refractivity contribution in [1.82, 2.24) is 19.2 Å². The van der Waals surface area contributed by atoms with Gasteiger partial charge in [0.15, 0.2) is 0 Å². The summed E-state index contributed by atoms with van der Waals surface area (Å²) in [6.45, 7) is 7.57. The SMILES string of the molecule is CCn1c([C@H]2CCCN(Cc3oc4ccccc4c3C)C2)nn(C)c1=O. The summed E-state index contributed by atoms with van der Waals surface area (Å²) in [6, 6.07) is 8.21. The van der Waals surface area contributed by atoms with Gasteiger partial charge in [0.2, 0.25) is 0 Å². The summed E-state index contributed by atoms with van der Waals surface area (Å²) in [5.41, 5.74) is 2.16. The van der Waals surface area contributed by atoms with E-state index in [1.54, 1.807) is 11.6 Å². The first kappa shape index (κ1) is 17.1. The molecule has 3 aromatic rings. The van der Waals surface area contributed by atoms with E-state index in [0.717, 1.165) is 49.6 Å². The molecular formula is C20H26N4O2. The maximum atomic E-state index is 12.2. The fourth-order valence-corrected chi connectivity index (χ4v) is 4.11. The number of hydrogen-bond donors (Lipinski definition) is 0. The Balaban J connectivity index is 1.56. The van der Waals surface area contributed by atoms with E-state index in [0.29, 0.717) is 12.5 Å². The van der Waals surface area contributed by atoms with Gasteiger partial charge in [-0.1, -0.05) is 18.2 Å². The third kappa shape index (κ3) is 2.88. The van der Waals surface area contributed by atoms with Gasteiger partial charge in [0.05, 0.1) is 6.54 Å². The van der Waals surface area contributed by atoms with Crippen LogP contribution in [0.3, 0.4) is 0 Å². The number of aryl methyl sites for hydroxylation is 2. The van der Waals surface area contributed by atoms with Crippen LogP contribution < -0.4 is 5.69 Å². The molecule has 3 heterocycles. The number of fused-ring (bicyclic) bond motifs is 1. The predicted octanol–water partition coefficient (Wildman–Crippen LogP) is 3.04. The Morgan fingerprint density at radius 1 is 1.31 bits per heavy atom. The number of rotatable bonds is 4. The van der Waals surface area contributed by atoms with E-state index in [1.165, 1.54) is 15.6 Å². The fourth-order valence-electron chi connectivity index (χ4n) is 4.11. The van der Waals surface area contributed by atoms with E-state index in [-0.39, 0.29) is 5.69 Å². The molecule has 2 aromatic heterocycles. The predicted molar refractivity (Wildman–Crippen MR) is 101 cm³/mol. The van der Waals surface area contributed by atoms with Gasteiger partial charge >= 0.3 is 5.69 Å². The molecule has 1 aromatic carbocycles. The van der Waals surface area contributed by atoms with Crippen molar-refractivity contribution in [3.8, 4) is 0 Å². The lowest BCUT2D eigenvalue weighted by molar-refractivity contribution is 0.182. The van der Waals surface area contributed by atoms with Gasteiger partial charge in [-0.25, -0.2) is 9.48 Å². The summed E-state index contributed by atoms with van der Waals surface area (Å²) in [7, 11) is 1.73. The van der Waals surface area contributed by atoms with Crippen molar-refractivity contribution in [2.75, 3.05) is 13.1 Å². The lowest BCUT2D eigenvalue weighted by Gasteiger charge is -2.31. The largest absolute Gasteiger partial charge is 0.459 e. The lowest BCUT2D eigenvalue weighted by Crippen LogP contribution is -2.35. The molecule has 0 spiro atoms. The highest BCUT2D eigenvalue weighted by Crippen LogP contribution is 2.29. The number of likely N-dealkylation sites (tertiary alicyclic amines) is 1. The maximum Gasteiger partial charge on any atom is 0.345 e. The minimum atomic E-state index is -0.0206. The van der Waals surface area contributed by atoms with Crippen LogP contribution in [-0.4, -0.2) is 32.3 Å². The number of nitrogens with zero attached hydrogens (tertiary/aromatic N) is 4. The molecule has 1 aliphatic heterocycles. The minimum absolute atomic E-state index is 0.0206.